The second-order valence-electron chi connectivity index (χ2n) is 4.66. The number of rotatable bonds is 9. The highest BCUT2D eigenvalue weighted by molar-refractivity contribution is 7.89. The minimum atomic E-state index is -3.54. The summed E-state index contributed by atoms with van der Waals surface area (Å²) in [5.74, 6) is -1.05. The molecule has 0 fully saturated rings. The maximum atomic E-state index is 12.0. The Hall–Kier alpha value is -1.44. The van der Waals surface area contributed by atoms with Crippen LogP contribution >= 0.6 is 11.6 Å². The van der Waals surface area contributed by atoms with Crippen molar-refractivity contribution in [2.75, 3.05) is 13.6 Å². The van der Waals surface area contributed by atoms with Crippen molar-refractivity contribution in [1.82, 2.24) is 10.0 Å². The number of nitrogens with one attached hydrogen (secondary N) is 2. The Morgan fingerprint density at radius 3 is 2.32 bits per heavy atom. The number of unbranched alkanes of at least 4 members (excludes halogenated alkanes) is 2. The number of amides is 1. The number of Topliss-reactive ketones (excluding diaryl/α,β-unsaturated/α-hetero) is 1. The number of hydrogen-bond donors (Lipinski definition) is 2. The van der Waals surface area contributed by atoms with Gasteiger partial charge in [-0.3, -0.25) is 9.59 Å². The zero-order chi connectivity index (χ0) is 16.6. The summed E-state index contributed by atoms with van der Waals surface area (Å²) in [5, 5.41) is 2.74. The minimum Gasteiger partial charge on any atom is -0.353 e. The number of ketones is 1. The zero-order valence-electron chi connectivity index (χ0n) is 12.3. The molecular formula is C14H19ClN2O4S. The fraction of sp³-hybridized carbons (Fsp3) is 0.429. The van der Waals surface area contributed by atoms with E-state index in [4.69, 9.17) is 11.6 Å². The molecule has 8 heteroatoms. The van der Waals surface area contributed by atoms with Crippen molar-refractivity contribution >= 4 is 33.3 Å². The van der Waals surface area contributed by atoms with Gasteiger partial charge >= 0.3 is 0 Å². The Bertz CT molecular complexity index is 614. The lowest BCUT2D eigenvalue weighted by atomic mass is 10.1. The molecule has 0 atom stereocenters. The summed E-state index contributed by atoms with van der Waals surface area (Å²) in [6, 6.07) is 5.90. The van der Waals surface area contributed by atoms with E-state index >= 15 is 0 Å². The van der Waals surface area contributed by atoms with E-state index < -0.39 is 21.7 Å². The Morgan fingerprint density at radius 1 is 1.09 bits per heavy atom. The van der Waals surface area contributed by atoms with Crippen LogP contribution in [0.5, 0.6) is 0 Å². The molecular weight excluding hydrogens is 328 g/mol. The van der Waals surface area contributed by atoms with Gasteiger partial charge in [-0.25, -0.2) is 13.1 Å². The average Bonchev–Trinajstić information content (AvgIpc) is 2.50. The van der Waals surface area contributed by atoms with Crippen molar-refractivity contribution in [3.8, 4) is 0 Å². The van der Waals surface area contributed by atoms with Crippen molar-refractivity contribution in [1.29, 1.82) is 0 Å². The molecule has 0 spiro atoms. The zero-order valence-corrected chi connectivity index (χ0v) is 13.8. The largest absolute Gasteiger partial charge is 0.353 e. The number of sulfonamides is 1. The van der Waals surface area contributed by atoms with Crippen LogP contribution in [0.25, 0.3) is 0 Å². The molecule has 0 unspecified atom stereocenters. The molecule has 1 aromatic carbocycles. The van der Waals surface area contributed by atoms with E-state index in [1.54, 1.807) is 0 Å². The first-order chi connectivity index (χ1) is 10.4. The highest BCUT2D eigenvalue weighted by Gasteiger charge is 2.13. The van der Waals surface area contributed by atoms with Gasteiger partial charge in [-0.05, 0) is 37.1 Å². The van der Waals surface area contributed by atoms with Crippen LogP contribution in [-0.2, 0) is 19.6 Å². The minimum absolute atomic E-state index is 0.159. The van der Waals surface area contributed by atoms with E-state index in [-0.39, 0.29) is 17.9 Å². The maximum Gasteiger partial charge on any atom is 0.287 e. The topological polar surface area (TPSA) is 92.3 Å². The normalized spacial score (nSPS) is 11.2. The first kappa shape index (κ1) is 18.6. The molecule has 0 heterocycles. The third kappa shape index (κ3) is 6.13. The fourth-order valence-electron chi connectivity index (χ4n) is 1.74. The Balaban J connectivity index is 2.28. The van der Waals surface area contributed by atoms with E-state index in [9.17, 15) is 18.0 Å². The second-order valence-corrected chi connectivity index (χ2v) is 6.87. The van der Waals surface area contributed by atoms with E-state index in [1.165, 1.54) is 31.3 Å². The van der Waals surface area contributed by atoms with Crippen LogP contribution in [0.1, 0.15) is 25.7 Å². The molecule has 2 N–H and O–H groups in total. The summed E-state index contributed by atoms with van der Waals surface area (Å²) >= 11 is 5.71. The van der Waals surface area contributed by atoms with Crippen LogP contribution in [0.15, 0.2) is 29.2 Å². The van der Waals surface area contributed by atoms with E-state index in [0.29, 0.717) is 24.3 Å². The summed E-state index contributed by atoms with van der Waals surface area (Å²) in [4.78, 5) is 22.4. The van der Waals surface area contributed by atoms with E-state index in [0.717, 1.165) is 0 Å². The molecule has 1 amide bonds. The Kier molecular flexibility index (Phi) is 7.50. The Morgan fingerprint density at radius 2 is 1.73 bits per heavy atom. The van der Waals surface area contributed by atoms with Crippen LogP contribution in [-0.4, -0.2) is 33.7 Å². The van der Waals surface area contributed by atoms with Crippen LogP contribution in [0.2, 0.25) is 5.02 Å². The van der Waals surface area contributed by atoms with Crippen molar-refractivity contribution in [2.45, 2.75) is 30.6 Å². The molecule has 0 aliphatic heterocycles. The number of carbonyl (C=O) groups is 2. The number of carbonyl (C=O) groups excluding carboxylic acids is 2. The second kappa shape index (κ2) is 8.87. The van der Waals surface area contributed by atoms with Gasteiger partial charge in [0.1, 0.15) is 0 Å². The van der Waals surface area contributed by atoms with Gasteiger partial charge in [0.05, 0.1) is 4.90 Å². The molecule has 1 aromatic rings. The van der Waals surface area contributed by atoms with Gasteiger partial charge in [-0.2, -0.15) is 0 Å². The summed E-state index contributed by atoms with van der Waals surface area (Å²) in [6.07, 6.45) is 1.97. The molecule has 0 aromatic heterocycles. The number of hydrogen-bond acceptors (Lipinski definition) is 4. The standard InChI is InChI=1S/C14H19ClN2O4S/c1-16-14(19)13(18)5-3-2-4-10-17-22(20,21)12-8-6-11(15)7-9-12/h6-9,17H,2-5,10H2,1H3,(H,16,19). The fourth-order valence-corrected chi connectivity index (χ4v) is 2.94. The van der Waals surface area contributed by atoms with Gasteiger partial charge in [-0.1, -0.05) is 18.0 Å². The molecule has 22 heavy (non-hydrogen) atoms. The van der Waals surface area contributed by atoms with Crippen molar-refractivity contribution in [3.05, 3.63) is 29.3 Å². The molecule has 0 saturated heterocycles. The van der Waals surface area contributed by atoms with Gasteiger partial charge in [0.2, 0.25) is 15.8 Å². The molecule has 6 nitrogen and oxygen atoms in total. The smallest absolute Gasteiger partial charge is 0.287 e. The molecule has 0 saturated carbocycles. The monoisotopic (exact) mass is 346 g/mol. The SMILES string of the molecule is CNC(=O)C(=O)CCCCCNS(=O)(=O)c1ccc(Cl)cc1. The summed E-state index contributed by atoms with van der Waals surface area (Å²) in [7, 11) is -2.13. The number of likely N-dealkylation sites (N-methyl/N-ethyl adjacent to an activating group) is 1. The highest BCUT2D eigenvalue weighted by atomic mass is 35.5. The van der Waals surface area contributed by atoms with Crippen LogP contribution in [0, 0.1) is 0 Å². The molecule has 0 aliphatic carbocycles. The number of halogens is 1. The van der Waals surface area contributed by atoms with E-state index in [1.807, 2.05) is 0 Å². The lowest BCUT2D eigenvalue weighted by Gasteiger charge is -2.06. The summed E-state index contributed by atoms with van der Waals surface area (Å²) in [5.41, 5.74) is 0. The highest BCUT2D eigenvalue weighted by Crippen LogP contribution is 2.13. The van der Waals surface area contributed by atoms with E-state index in [2.05, 4.69) is 10.0 Å². The quantitative estimate of drug-likeness (QED) is 0.523. The van der Waals surface area contributed by atoms with Gasteiger partial charge in [0.15, 0.2) is 0 Å². The van der Waals surface area contributed by atoms with Crippen molar-refractivity contribution < 1.29 is 18.0 Å². The summed E-state index contributed by atoms with van der Waals surface area (Å²) in [6.45, 7) is 0.277. The van der Waals surface area contributed by atoms with Crippen molar-refractivity contribution in [2.24, 2.45) is 0 Å². The van der Waals surface area contributed by atoms with Gasteiger partial charge in [0.25, 0.3) is 5.91 Å². The molecule has 0 radical (unpaired) electrons. The summed E-state index contributed by atoms with van der Waals surface area (Å²) < 4.78 is 26.4. The Labute approximate surface area is 135 Å². The lowest BCUT2D eigenvalue weighted by Crippen LogP contribution is -2.27. The lowest BCUT2D eigenvalue weighted by molar-refractivity contribution is -0.137. The van der Waals surface area contributed by atoms with Gasteiger partial charge < -0.3 is 5.32 Å². The molecule has 0 aliphatic rings. The predicted octanol–water partition coefficient (Wildman–Crippen LogP) is 1.49. The third-order valence-electron chi connectivity index (χ3n) is 2.98. The predicted molar refractivity (Wildman–Crippen MR) is 84.2 cm³/mol. The average molecular weight is 347 g/mol. The van der Waals surface area contributed by atoms with Crippen LogP contribution < -0.4 is 10.0 Å². The molecule has 122 valence electrons. The number of benzene rings is 1. The first-order valence-electron chi connectivity index (χ1n) is 6.87. The van der Waals surface area contributed by atoms with Crippen molar-refractivity contribution in [3.63, 3.8) is 0 Å². The van der Waals surface area contributed by atoms with Gasteiger partial charge in [0, 0.05) is 25.0 Å². The van der Waals surface area contributed by atoms with Crippen LogP contribution in [0.4, 0.5) is 0 Å². The molecule has 0 bridgehead atoms. The van der Waals surface area contributed by atoms with Gasteiger partial charge in [-0.15, -0.1) is 0 Å². The van der Waals surface area contributed by atoms with Crippen LogP contribution in [0.3, 0.4) is 0 Å². The molecule has 1 rings (SSSR count). The first-order valence-corrected chi connectivity index (χ1v) is 8.73. The maximum absolute atomic E-state index is 12.0. The third-order valence-corrected chi connectivity index (χ3v) is 4.71.